The van der Waals surface area contributed by atoms with Gasteiger partial charge in [-0.15, -0.1) is 0 Å². The standard InChI is InChI=1S/C30H30O7/c1-30(34)17-24(31)26(28(32)36-18-20-10-5-3-6-11-20)25(22-14-9-15-23(16-22)35-2)27(30)29(33)37-19-21-12-7-4-8-13-21/h3-16,25-27,34H,17-19H2,1-2H3/t25-,26-,27+,30+/m1/s1. The van der Waals surface area contributed by atoms with E-state index in [0.717, 1.165) is 11.1 Å². The summed E-state index contributed by atoms with van der Waals surface area (Å²) in [6, 6.07) is 25.1. The van der Waals surface area contributed by atoms with E-state index >= 15 is 0 Å². The molecule has 37 heavy (non-hydrogen) atoms. The van der Waals surface area contributed by atoms with Gasteiger partial charge in [0.15, 0.2) is 5.78 Å². The number of ketones is 1. The zero-order chi connectivity index (χ0) is 26.4. The predicted octanol–water partition coefficient (Wildman–Crippen LogP) is 4.22. The van der Waals surface area contributed by atoms with Crippen molar-refractivity contribution in [2.75, 3.05) is 7.11 Å². The highest BCUT2D eigenvalue weighted by atomic mass is 16.5. The van der Waals surface area contributed by atoms with Crippen LogP contribution in [0.4, 0.5) is 0 Å². The molecule has 3 aromatic rings. The Morgan fingerprint density at radius 3 is 2.00 bits per heavy atom. The van der Waals surface area contributed by atoms with Crippen molar-refractivity contribution in [3.05, 3.63) is 102 Å². The summed E-state index contributed by atoms with van der Waals surface area (Å²) in [6.45, 7) is 1.40. The highest BCUT2D eigenvalue weighted by Crippen LogP contribution is 2.47. The summed E-state index contributed by atoms with van der Waals surface area (Å²) in [6.07, 6.45) is -0.385. The topological polar surface area (TPSA) is 99.1 Å². The van der Waals surface area contributed by atoms with E-state index in [4.69, 9.17) is 14.2 Å². The number of carbonyl (C=O) groups is 3. The van der Waals surface area contributed by atoms with Crippen molar-refractivity contribution in [1.82, 2.24) is 0 Å². The van der Waals surface area contributed by atoms with Crippen LogP contribution in [0.25, 0.3) is 0 Å². The first-order chi connectivity index (χ1) is 17.8. The lowest BCUT2D eigenvalue weighted by Gasteiger charge is -2.43. The van der Waals surface area contributed by atoms with Crippen LogP contribution in [-0.2, 0) is 37.1 Å². The van der Waals surface area contributed by atoms with E-state index in [1.165, 1.54) is 14.0 Å². The molecule has 0 aliphatic heterocycles. The SMILES string of the molecule is COc1cccc([C@@H]2[C@H](C(=O)OCc3ccccc3)C(=O)C[C@](C)(O)[C@@H]2C(=O)OCc2ccccc2)c1. The fourth-order valence-electron chi connectivity index (χ4n) is 4.90. The number of hydrogen-bond donors (Lipinski definition) is 1. The molecule has 1 aliphatic carbocycles. The number of ether oxygens (including phenoxy) is 3. The first kappa shape index (κ1) is 26.1. The van der Waals surface area contributed by atoms with Crippen molar-refractivity contribution in [3.63, 3.8) is 0 Å². The van der Waals surface area contributed by atoms with E-state index in [-0.39, 0.29) is 19.6 Å². The normalized spacial score (nSPS) is 23.2. The Kier molecular flexibility index (Phi) is 8.04. The zero-order valence-corrected chi connectivity index (χ0v) is 20.8. The number of benzene rings is 3. The average Bonchev–Trinajstić information content (AvgIpc) is 2.90. The number of aliphatic hydroxyl groups is 1. The number of rotatable bonds is 8. The first-order valence-corrected chi connectivity index (χ1v) is 12.1. The minimum atomic E-state index is -1.74. The molecule has 7 nitrogen and oxygen atoms in total. The Balaban J connectivity index is 1.68. The summed E-state index contributed by atoms with van der Waals surface area (Å²) in [5, 5.41) is 11.3. The second-order valence-corrected chi connectivity index (χ2v) is 9.44. The molecule has 192 valence electrons. The van der Waals surface area contributed by atoms with Crippen molar-refractivity contribution in [1.29, 1.82) is 0 Å². The van der Waals surface area contributed by atoms with Crippen molar-refractivity contribution in [2.45, 2.75) is 38.1 Å². The molecule has 7 heteroatoms. The van der Waals surface area contributed by atoms with Gasteiger partial charge in [0.2, 0.25) is 0 Å². The van der Waals surface area contributed by atoms with Crippen molar-refractivity contribution >= 4 is 17.7 Å². The molecule has 0 bridgehead atoms. The zero-order valence-electron chi connectivity index (χ0n) is 20.8. The Morgan fingerprint density at radius 1 is 0.865 bits per heavy atom. The van der Waals surface area contributed by atoms with Crippen LogP contribution in [0.3, 0.4) is 0 Å². The van der Waals surface area contributed by atoms with E-state index in [1.807, 2.05) is 60.7 Å². The van der Waals surface area contributed by atoms with E-state index in [0.29, 0.717) is 11.3 Å². The van der Waals surface area contributed by atoms with Crippen molar-refractivity contribution in [3.8, 4) is 5.75 Å². The third-order valence-electron chi connectivity index (χ3n) is 6.70. The maximum atomic E-state index is 13.5. The van der Waals surface area contributed by atoms with Crippen LogP contribution in [0.15, 0.2) is 84.9 Å². The van der Waals surface area contributed by atoms with Gasteiger partial charge in [-0.25, -0.2) is 0 Å². The smallest absolute Gasteiger partial charge is 0.317 e. The minimum Gasteiger partial charge on any atom is -0.497 e. The highest BCUT2D eigenvalue weighted by Gasteiger charge is 2.57. The summed E-state index contributed by atoms with van der Waals surface area (Å²) >= 11 is 0. The molecule has 1 aliphatic rings. The van der Waals surface area contributed by atoms with Gasteiger partial charge in [-0.3, -0.25) is 14.4 Å². The monoisotopic (exact) mass is 502 g/mol. The van der Waals surface area contributed by atoms with E-state index in [9.17, 15) is 19.5 Å². The summed E-state index contributed by atoms with van der Waals surface area (Å²) in [7, 11) is 1.50. The van der Waals surface area contributed by atoms with Gasteiger partial charge >= 0.3 is 11.9 Å². The molecule has 1 saturated carbocycles. The first-order valence-electron chi connectivity index (χ1n) is 12.1. The fourth-order valence-corrected chi connectivity index (χ4v) is 4.90. The quantitative estimate of drug-likeness (QED) is 0.364. The molecule has 0 heterocycles. The molecule has 4 atom stereocenters. The van der Waals surface area contributed by atoms with Gasteiger partial charge in [-0.05, 0) is 35.7 Å². The van der Waals surface area contributed by atoms with Gasteiger partial charge in [0, 0.05) is 12.3 Å². The third-order valence-corrected chi connectivity index (χ3v) is 6.70. The molecule has 4 rings (SSSR count). The Labute approximate surface area is 216 Å². The van der Waals surface area contributed by atoms with Crippen LogP contribution in [-0.4, -0.2) is 35.5 Å². The fraction of sp³-hybridized carbons (Fsp3) is 0.300. The maximum absolute atomic E-state index is 13.5. The Bertz CT molecular complexity index is 1240. The second-order valence-electron chi connectivity index (χ2n) is 9.44. The van der Waals surface area contributed by atoms with Crippen LogP contribution in [0.5, 0.6) is 5.75 Å². The molecular weight excluding hydrogens is 472 g/mol. The summed E-state index contributed by atoms with van der Waals surface area (Å²) in [4.78, 5) is 40.2. The Morgan fingerprint density at radius 2 is 1.43 bits per heavy atom. The molecule has 0 amide bonds. The summed E-state index contributed by atoms with van der Waals surface area (Å²) in [5.41, 5.74) is 0.299. The largest absolute Gasteiger partial charge is 0.497 e. The molecule has 1 N–H and O–H groups in total. The molecule has 0 unspecified atom stereocenters. The van der Waals surface area contributed by atoms with E-state index < -0.39 is 41.1 Å². The van der Waals surface area contributed by atoms with Gasteiger partial charge in [-0.1, -0.05) is 72.8 Å². The number of methoxy groups -OCH3 is 1. The van der Waals surface area contributed by atoms with Gasteiger partial charge < -0.3 is 19.3 Å². The van der Waals surface area contributed by atoms with Gasteiger partial charge in [-0.2, -0.15) is 0 Å². The lowest BCUT2D eigenvalue weighted by Crippen LogP contribution is -2.55. The molecule has 1 fully saturated rings. The number of carbonyl (C=O) groups excluding carboxylic acids is 3. The van der Waals surface area contributed by atoms with Crippen LogP contribution >= 0.6 is 0 Å². The summed E-state index contributed by atoms with van der Waals surface area (Å²) in [5.74, 6) is -4.97. The van der Waals surface area contributed by atoms with Crippen molar-refractivity contribution < 1.29 is 33.7 Å². The number of Topliss-reactive ketones (excluding diaryl/α,β-unsaturated/α-hetero) is 1. The second kappa shape index (κ2) is 11.4. The van der Waals surface area contributed by atoms with Crippen molar-refractivity contribution in [2.24, 2.45) is 11.8 Å². The van der Waals surface area contributed by atoms with Crippen LogP contribution in [0.2, 0.25) is 0 Å². The lowest BCUT2D eigenvalue weighted by molar-refractivity contribution is -0.174. The molecule has 0 saturated heterocycles. The van der Waals surface area contributed by atoms with E-state index in [2.05, 4.69) is 0 Å². The number of hydrogen-bond acceptors (Lipinski definition) is 7. The number of esters is 2. The van der Waals surface area contributed by atoms with E-state index in [1.54, 1.807) is 24.3 Å². The average molecular weight is 503 g/mol. The lowest BCUT2D eigenvalue weighted by atomic mass is 9.61. The van der Waals surface area contributed by atoms with Gasteiger partial charge in [0.1, 0.15) is 24.9 Å². The highest BCUT2D eigenvalue weighted by molar-refractivity contribution is 6.02. The summed E-state index contributed by atoms with van der Waals surface area (Å²) < 4.78 is 16.5. The molecule has 0 spiro atoms. The predicted molar refractivity (Wildman–Crippen MR) is 135 cm³/mol. The Hall–Kier alpha value is -3.97. The van der Waals surface area contributed by atoms with Crippen LogP contribution < -0.4 is 4.74 Å². The van der Waals surface area contributed by atoms with Crippen LogP contribution in [0, 0.1) is 11.8 Å². The van der Waals surface area contributed by atoms with Gasteiger partial charge in [0.05, 0.1) is 18.6 Å². The van der Waals surface area contributed by atoms with Gasteiger partial charge in [0.25, 0.3) is 0 Å². The van der Waals surface area contributed by atoms with Crippen LogP contribution in [0.1, 0.15) is 36.0 Å². The minimum absolute atomic E-state index is 0.00580. The molecule has 3 aromatic carbocycles. The molecule has 0 aromatic heterocycles. The maximum Gasteiger partial charge on any atom is 0.317 e. The molecular formula is C30H30O7. The third kappa shape index (κ3) is 6.06. The molecule has 0 radical (unpaired) electrons.